The monoisotopic (exact) mass is 158 g/mol. The molecule has 1 aliphatic heterocycles. The third-order valence-electron chi connectivity index (χ3n) is 1.64. The quantitative estimate of drug-likeness (QED) is 0.561. The third kappa shape index (κ3) is 1.40. The summed E-state index contributed by atoms with van der Waals surface area (Å²) >= 11 is 0. The number of alkyl halides is 1. The maximum atomic E-state index is 12.5. The van der Waals surface area contributed by atoms with Crippen LogP contribution in [0.25, 0.3) is 0 Å². The standard InChI is InChI=1S/C6H7FN2O2/c7-4-1-5(2-8)9(3-4)6(10)11/h4-5H,1,3H2,(H,10,11)/t4-,5-/m0/s1. The van der Waals surface area contributed by atoms with E-state index in [1.807, 2.05) is 0 Å². The molecule has 1 heterocycles. The molecule has 1 saturated heterocycles. The van der Waals surface area contributed by atoms with E-state index in [0.717, 1.165) is 4.90 Å². The molecular weight excluding hydrogens is 151 g/mol. The first-order valence-electron chi connectivity index (χ1n) is 3.18. The second-order valence-electron chi connectivity index (χ2n) is 2.41. The van der Waals surface area contributed by atoms with Gasteiger partial charge >= 0.3 is 6.09 Å². The average molecular weight is 158 g/mol. The van der Waals surface area contributed by atoms with Gasteiger partial charge in [-0.3, -0.25) is 4.90 Å². The molecule has 0 aliphatic carbocycles. The fourth-order valence-corrected chi connectivity index (χ4v) is 1.12. The SMILES string of the molecule is N#C[C@@H]1C[C@H](F)CN1C(=O)O. The Morgan fingerprint density at radius 2 is 2.45 bits per heavy atom. The molecule has 0 saturated carbocycles. The Kier molecular flexibility index (Phi) is 1.94. The van der Waals surface area contributed by atoms with Gasteiger partial charge in [0.1, 0.15) is 12.2 Å². The van der Waals surface area contributed by atoms with Crippen LogP contribution in [0.2, 0.25) is 0 Å². The number of carbonyl (C=O) groups is 1. The molecule has 1 N–H and O–H groups in total. The summed E-state index contributed by atoms with van der Waals surface area (Å²) in [5.74, 6) is 0. The highest BCUT2D eigenvalue weighted by atomic mass is 19.1. The second-order valence-corrected chi connectivity index (χ2v) is 2.41. The van der Waals surface area contributed by atoms with E-state index in [1.54, 1.807) is 6.07 Å². The predicted octanol–water partition coefficient (Wildman–Crippen LogP) is 0.600. The lowest BCUT2D eigenvalue weighted by Crippen LogP contribution is -2.33. The number of amides is 1. The fraction of sp³-hybridized carbons (Fsp3) is 0.667. The summed E-state index contributed by atoms with van der Waals surface area (Å²) in [5, 5.41) is 16.8. The van der Waals surface area contributed by atoms with Gasteiger partial charge in [0.15, 0.2) is 0 Å². The lowest BCUT2D eigenvalue weighted by Gasteiger charge is -2.13. The topological polar surface area (TPSA) is 64.3 Å². The molecule has 2 atom stereocenters. The number of carboxylic acid groups (broad SMARTS) is 1. The lowest BCUT2D eigenvalue weighted by atomic mass is 10.2. The van der Waals surface area contributed by atoms with Crippen molar-refractivity contribution in [1.82, 2.24) is 4.90 Å². The van der Waals surface area contributed by atoms with Crippen LogP contribution in [0, 0.1) is 11.3 Å². The molecule has 11 heavy (non-hydrogen) atoms. The van der Waals surface area contributed by atoms with Crippen molar-refractivity contribution in [3.63, 3.8) is 0 Å². The van der Waals surface area contributed by atoms with Gasteiger partial charge in [-0.1, -0.05) is 0 Å². The summed E-state index contributed by atoms with van der Waals surface area (Å²) in [4.78, 5) is 11.1. The first kappa shape index (κ1) is 7.79. The van der Waals surface area contributed by atoms with Gasteiger partial charge in [0.05, 0.1) is 12.6 Å². The summed E-state index contributed by atoms with van der Waals surface area (Å²) in [6.07, 6.45) is -2.41. The normalized spacial score (nSPS) is 30.0. The molecule has 1 aliphatic rings. The Balaban J connectivity index is 2.67. The highest BCUT2D eigenvalue weighted by Crippen LogP contribution is 2.19. The average Bonchev–Trinajstić information content (AvgIpc) is 2.30. The van der Waals surface area contributed by atoms with Crippen LogP contribution in [0.4, 0.5) is 9.18 Å². The van der Waals surface area contributed by atoms with Gasteiger partial charge in [0.2, 0.25) is 0 Å². The smallest absolute Gasteiger partial charge is 0.408 e. The van der Waals surface area contributed by atoms with Crippen LogP contribution in [0.15, 0.2) is 0 Å². The molecule has 1 fully saturated rings. The summed E-state index contributed by atoms with van der Waals surface area (Å²) in [5.41, 5.74) is 0. The number of halogens is 1. The van der Waals surface area contributed by atoms with E-state index in [-0.39, 0.29) is 13.0 Å². The van der Waals surface area contributed by atoms with E-state index < -0.39 is 18.3 Å². The van der Waals surface area contributed by atoms with Crippen molar-refractivity contribution < 1.29 is 14.3 Å². The van der Waals surface area contributed by atoms with Crippen LogP contribution in [0.1, 0.15) is 6.42 Å². The number of likely N-dealkylation sites (tertiary alicyclic amines) is 1. The van der Waals surface area contributed by atoms with Crippen LogP contribution < -0.4 is 0 Å². The largest absolute Gasteiger partial charge is 0.465 e. The van der Waals surface area contributed by atoms with Crippen molar-refractivity contribution in [2.24, 2.45) is 0 Å². The third-order valence-corrected chi connectivity index (χ3v) is 1.64. The van der Waals surface area contributed by atoms with Gasteiger partial charge in [0, 0.05) is 6.42 Å². The molecule has 0 spiro atoms. The molecule has 0 aromatic rings. The summed E-state index contributed by atoms with van der Waals surface area (Å²) in [7, 11) is 0. The highest BCUT2D eigenvalue weighted by molar-refractivity contribution is 5.66. The number of nitriles is 1. The van der Waals surface area contributed by atoms with Gasteiger partial charge in [-0.15, -0.1) is 0 Å². The zero-order chi connectivity index (χ0) is 8.43. The Morgan fingerprint density at radius 3 is 2.82 bits per heavy atom. The van der Waals surface area contributed by atoms with Gasteiger partial charge in [0.25, 0.3) is 0 Å². The Morgan fingerprint density at radius 1 is 1.82 bits per heavy atom. The number of hydrogen-bond donors (Lipinski definition) is 1. The molecular formula is C6H7FN2O2. The molecule has 0 radical (unpaired) electrons. The molecule has 1 amide bonds. The van der Waals surface area contributed by atoms with Gasteiger partial charge < -0.3 is 5.11 Å². The van der Waals surface area contributed by atoms with Crippen molar-refractivity contribution in [3.8, 4) is 6.07 Å². The molecule has 60 valence electrons. The molecule has 1 rings (SSSR count). The summed E-state index contributed by atoms with van der Waals surface area (Å²) in [6.45, 7) is -0.173. The first-order valence-corrected chi connectivity index (χ1v) is 3.18. The molecule has 4 nitrogen and oxygen atoms in total. The van der Waals surface area contributed by atoms with E-state index >= 15 is 0 Å². The molecule has 0 bridgehead atoms. The maximum Gasteiger partial charge on any atom is 0.408 e. The van der Waals surface area contributed by atoms with Crippen LogP contribution >= 0.6 is 0 Å². The zero-order valence-electron chi connectivity index (χ0n) is 5.70. The van der Waals surface area contributed by atoms with E-state index in [0.29, 0.717) is 0 Å². The minimum Gasteiger partial charge on any atom is -0.465 e. The minimum absolute atomic E-state index is 0.00278. The lowest BCUT2D eigenvalue weighted by molar-refractivity contribution is 0.145. The Bertz CT molecular complexity index is 213. The van der Waals surface area contributed by atoms with Gasteiger partial charge in [-0.25, -0.2) is 9.18 Å². The highest BCUT2D eigenvalue weighted by Gasteiger charge is 2.35. The van der Waals surface area contributed by atoms with E-state index in [4.69, 9.17) is 10.4 Å². The first-order chi connectivity index (χ1) is 5.15. The van der Waals surface area contributed by atoms with Crippen molar-refractivity contribution in [3.05, 3.63) is 0 Å². The molecule has 0 aromatic carbocycles. The summed E-state index contributed by atoms with van der Waals surface area (Å²) < 4.78 is 12.5. The molecule has 5 heteroatoms. The van der Waals surface area contributed by atoms with E-state index in [1.165, 1.54) is 0 Å². The van der Waals surface area contributed by atoms with Crippen molar-refractivity contribution in [1.29, 1.82) is 5.26 Å². The number of hydrogen-bond acceptors (Lipinski definition) is 2. The van der Waals surface area contributed by atoms with Crippen LogP contribution in [0.3, 0.4) is 0 Å². The fourth-order valence-electron chi connectivity index (χ4n) is 1.12. The zero-order valence-corrected chi connectivity index (χ0v) is 5.70. The van der Waals surface area contributed by atoms with Crippen LogP contribution in [-0.2, 0) is 0 Å². The number of nitrogens with zero attached hydrogens (tertiary/aromatic N) is 2. The minimum atomic E-state index is -1.23. The molecule has 0 aromatic heterocycles. The van der Waals surface area contributed by atoms with Crippen molar-refractivity contribution >= 4 is 6.09 Å². The van der Waals surface area contributed by atoms with E-state index in [9.17, 15) is 9.18 Å². The van der Waals surface area contributed by atoms with Crippen molar-refractivity contribution in [2.75, 3.05) is 6.54 Å². The van der Waals surface area contributed by atoms with Crippen LogP contribution in [0.5, 0.6) is 0 Å². The molecule has 0 unspecified atom stereocenters. The van der Waals surface area contributed by atoms with Gasteiger partial charge in [-0.05, 0) is 0 Å². The van der Waals surface area contributed by atoms with Crippen molar-refractivity contribution in [2.45, 2.75) is 18.6 Å². The van der Waals surface area contributed by atoms with E-state index in [2.05, 4.69) is 0 Å². The Hall–Kier alpha value is -1.31. The maximum absolute atomic E-state index is 12.5. The van der Waals surface area contributed by atoms with Crippen LogP contribution in [-0.4, -0.2) is 34.9 Å². The van der Waals surface area contributed by atoms with Gasteiger partial charge in [-0.2, -0.15) is 5.26 Å². The summed E-state index contributed by atoms with van der Waals surface area (Å²) in [6, 6.07) is 0.928. The predicted molar refractivity (Wildman–Crippen MR) is 33.6 cm³/mol. The Labute approximate surface area is 62.8 Å². The number of rotatable bonds is 0. The second kappa shape index (κ2) is 2.74.